The SMILES string of the molecule is C[C@@]1(c2cc(NC(=O)c3cnc(OC(F)F)cn3)ccn2)C=CSC(N)=N1. The van der Waals surface area contributed by atoms with Gasteiger partial charge < -0.3 is 15.8 Å². The summed E-state index contributed by atoms with van der Waals surface area (Å²) in [6.45, 7) is -1.17. The van der Waals surface area contributed by atoms with Crippen LogP contribution in [0, 0.1) is 0 Å². The minimum absolute atomic E-state index is 0.0579. The molecule has 2 aromatic heterocycles. The van der Waals surface area contributed by atoms with Gasteiger partial charge in [0, 0.05) is 11.9 Å². The van der Waals surface area contributed by atoms with Crippen molar-refractivity contribution in [2.75, 3.05) is 5.32 Å². The Hall–Kier alpha value is -3.08. The Labute approximate surface area is 157 Å². The van der Waals surface area contributed by atoms with Crippen LogP contribution < -0.4 is 15.8 Å². The van der Waals surface area contributed by atoms with E-state index in [4.69, 9.17) is 5.73 Å². The van der Waals surface area contributed by atoms with Gasteiger partial charge in [-0.25, -0.2) is 15.0 Å². The minimum Gasteiger partial charge on any atom is -0.415 e. The quantitative estimate of drug-likeness (QED) is 0.803. The zero-order valence-corrected chi connectivity index (χ0v) is 14.8. The molecular formula is C16H14F2N6O2S. The smallest absolute Gasteiger partial charge is 0.388 e. The maximum atomic E-state index is 12.3. The summed E-state index contributed by atoms with van der Waals surface area (Å²) in [4.78, 5) is 28.3. The van der Waals surface area contributed by atoms with Crippen LogP contribution in [0.3, 0.4) is 0 Å². The van der Waals surface area contributed by atoms with Gasteiger partial charge in [-0.1, -0.05) is 11.8 Å². The van der Waals surface area contributed by atoms with Gasteiger partial charge in [0.15, 0.2) is 5.17 Å². The molecule has 3 heterocycles. The molecule has 1 aliphatic heterocycles. The number of alkyl halides is 2. The van der Waals surface area contributed by atoms with Crippen LogP contribution in [0.15, 0.2) is 47.2 Å². The van der Waals surface area contributed by atoms with Gasteiger partial charge in [-0.2, -0.15) is 8.78 Å². The fraction of sp³-hybridized carbons (Fsp3) is 0.188. The molecular weight excluding hydrogens is 378 g/mol. The van der Waals surface area contributed by atoms with Crippen molar-refractivity contribution in [3.8, 4) is 5.88 Å². The van der Waals surface area contributed by atoms with Crippen molar-refractivity contribution in [2.24, 2.45) is 10.7 Å². The number of amides is 1. The standard InChI is InChI=1S/C16H14F2N6O2S/c1-16(3-5-27-15(19)24-16)11-6-9(2-4-20-11)23-13(25)10-7-22-12(8-21-10)26-14(17)18/h2-8,14H,1H3,(H2,19,24)(H,20,23,25)/t16-/m0/s1. The van der Waals surface area contributed by atoms with E-state index in [0.717, 1.165) is 12.4 Å². The lowest BCUT2D eigenvalue weighted by molar-refractivity contribution is -0.0531. The Morgan fingerprint density at radius 1 is 1.33 bits per heavy atom. The highest BCUT2D eigenvalue weighted by Crippen LogP contribution is 2.32. The fourth-order valence-electron chi connectivity index (χ4n) is 2.24. The summed E-state index contributed by atoms with van der Waals surface area (Å²) in [5.74, 6) is -0.941. The van der Waals surface area contributed by atoms with Crippen molar-refractivity contribution in [2.45, 2.75) is 19.1 Å². The molecule has 2 aromatic rings. The molecule has 0 saturated heterocycles. The zero-order chi connectivity index (χ0) is 19.4. The van der Waals surface area contributed by atoms with Crippen molar-refractivity contribution >= 4 is 28.5 Å². The summed E-state index contributed by atoms with van der Waals surface area (Å²) in [7, 11) is 0. The number of carbonyl (C=O) groups is 1. The Bertz CT molecular complexity index is 906. The molecule has 0 spiro atoms. The number of nitrogens with zero attached hydrogens (tertiary/aromatic N) is 4. The predicted octanol–water partition coefficient (Wildman–Crippen LogP) is 2.52. The number of rotatable bonds is 5. The molecule has 0 radical (unpaired) electrons. The van der Waals surface area contributed by atoms with Gasteiger partial charge in [-0.15, -0.1) is 0 Å². The predicted molar refractivity (Wildman–Crippen MR) is 96.6 cm³/mol. The molecule has 0 aromatic carbocycles. The first kappa shape index (κ1) is 18.7. The van der Waals surface area contributed by atoms with E-state index in [1.807, 2.05) is 18.4 Å². The molecule has 140 valence electrons. The number of hydrogen-bond acceptors (Lipinski definition) is 8. The highest BCUT2D eigenvalue weighted by molar-refractivity contribution is 8.16. The number of nitrogens with one attached hydrogen (secondary N) is 1. The van der Waals surface area contributed by atoms with E-state index < -0.39 is 18.1 Å². The molecule has 11 heteroatoms. The van der Waals surface area contributed by atoms with Gasteiger partial charge >= 0.3 is 6.61 Å². The lowest BCUT2D eigenvalue weighted by Crippen LogP contribution is -2.25. The van der Waals surface area contributed by atoms with Crippen LogP contribution in [-0.2, 0) is 5.54 Å². The largest absolute Gasteiger partial charge is 0.415 e. The van der Waals surface area contributed by atoms with Crippen LogP contribution in [0.5, 0.6) is 5.88 Å². The first-order chi connectivity index (χ1) is 12.9. The molecule has 0 fully saturated rings. The molecule has 0 unspecified atom stereocenters. The number of thioether (sulfide) groups is 1. The number of aliphatic imine (C=N–C) groups is 1. The van der Waals surface area contributed by atoms with Gasteiger partial charge in [-0.3, -0.25) is 9.78 Å². The van der Waals surface area contributed by atoms with E-state index in [1.54, 1.807) is 12.1 Å². The van der Waals surface area contributed by atoms with E-state index in [2.05, 4.69) is 30.0 Å². The molecule has 1 aliphatic rings. The third-order valence-electron chi connectivity index (χ3n) is 3.53. The van der Waals surface area contributed by atoms with Crippen molar-refractivity contribution in [1.29, 1.82) is 0 Å². The van der Waals surface area contributed by atoms with E-state index in [-0.39, 0.29) is 11.6 Å². The highest BCUT2D eigenvalue weighted by Gasteiger charge is 2.27. The van der Waals surface area contributed by atoms with Crippen LogP contribution in [-0.4, -0.2) is 32.6 Å². The van der Waals surface area contributed by atoms with Gasteiger partial charge in [-0.05, 0) is 30.5 Å². The molecule has 0 saturated carbocycles. The minimum atomic E-state index is -3.01. The van der Waals surface area contributed by atoms with E-state index >= 15 is 0 Å². The van der Waals surface area contributed by atoms with Crippen LogP contribution in [0.4, 0.5) is 14.5 Å². The molecule has 1 amide bonds. The highest BCUT2D eigenvalue weighted by atomic mass is 32.2. The number of hydrogen-bond donors (Lipinski definition) is 2. The van der Waals surface area contributed by atoms with Gasteiger partial charge in [0.2, 0.25) is 5.88 Å². The van der Waals surface area contributed by atoms with E-state index in [9.17, 15) is 13.6 Å². The second-order valence-electron chi connectivity index (χ2n) is 5.52. The summed E-state index contributed by atoms with van der Waals surface area (Å²) in [5.41, 5.74) is 6.02. The fourth-order valence-corrected chi connectivity index (χ4v) is 2.95. The molecule has 1 atom stereocenters. The number of nitrogens with two attached hydrogens (primary N) is 1. The van der Waals surface area contributed by atoms with Crippen molar-refractivity contribution < 1.29 is 18.3 Å². The maximum Gasteiger partial charge on any atom is 0.388 e. The summed E-state index contributed by atoms with van der Waals surface area (Å²) in [5, 5.41) is 4.89. The van der Waals surface area contributed by atoms with Gasteiger partial charge in [0.25, 0.3) is 5.91 Å². The molecule has 0 aliphatic carbocycles. The van der Waals surface area contributed by atoms with Crippen LogP contribution in [0.25, 0.3) is 0 Å². The number of ether oxygens (including phenoxy) is 1. The third kappa shape index (κ3) is 4.56. The lowest BCUT2D eigenvalue weighted by Gasteiger charge is -2.24. The van der Waals surface area contributed by atoms with Crippen molar-refractivity contribution in [3.05, 3.63) is 53.6 Å². The molecule has 8 nitrogen and oxygen atoms in total. The van der Waals surface area contributed by atoms with Gasteiger partial charge in [0.05, 0.1) is 18.1 Å². The Morgan fingerprint density at radius 3 is 2.81 bits per heavy atom. The Kier molecular flexibility index (Phi) is 5.31. The molecule has 3 N–H and O–H groups in total. The first-order valence-electron chi connectivity index (χ1n) is 7.60. The maximum absolute atomic E-state index is 12.3. The van der Waals surface area contributed by atoms with Gasteiger partial charge in [0.1, 0.15) is 11.2 Å². The molecule has 27 heavy (non-hydrogen) atoms. The van der Waals surface area contributed by atoms with Crippen molar-refractivity contribution in [1.82, 2.24) is 15.0 Å². The molecule has 3 rings (SSSR count). The Morgan fingerprint density at radius 2 is 2.15 bits per heavy atom. The monoisotopic (exact) mass is 392 g/mol. The number of pyridine rings is 1. The summed E-state index contributed by atoms with van der Waals surface area (Å²) < 4.78 is 28.3. The topological polar surface area (TPSA) is 115 Å². The average Bonchev–Trinajstić information content (AvgIpc) is 2.62. The third-order valence-corrected chi connectivity index (χ3v) is 4.14. The van der Waals surface area contributed by atoms with Crippen LogP contribution in [0.2, 0.25) is 0 Å². The number of carbonyl (C=O) groups excluding carboxylic acids is 1. The second kappa shape index (κ2) is 7.66. The van der Waals surface area contributed by atoms with E-state index in [1.165, 1.54) is 18.0 Å². The number of aromatic nitrogens is 3. The zero-order valence-electron chi connectivity index (χ0n) is 14.0. The first-order valence-corrected chi connectivity index (χ1v) is 8.48. The summed E-state index contributed by atoms with van der Waals surface area (Å²) in [6.07, 6.45) is 5.38. The van der Waals surface area contributed by atoms with E-state index in [0.29, 0.717) is 16.5 Å². The Balaban J connectivity index is 1.75. The second-order valence-corrected chi connectivity index (χ2v) is 6.45. The lowest BCUT2D eigenvalue weighted by atomic mass is 9.98. The normalized spacial score (nSPS) is 18.9. The van der Waals surface area contributed by atoms with Crippen LogP contribution >= 0.6 is 11.8 Å². The molecule has 0 bridgehead atoms. The summed E-state index contributed by atoms with van der Waals surface area (Å²) >= 11 is 1.31. The number of halogens is 2. The van der Waals surface area contributed by atoms with Crippen molar-refractivity contribution in [3.63, 3.8) is 0 Å². The number of anilines is 1. The van der Waals surface area contributed by atoms with Crippen LogP contribution in [0.1, 0.15) is 23.1 Å². The summed E-state index contributed by atoms with van der Waals surface area (Å²) in [6, 6.07) is 3.26. The number of amidine groups is 1. The average molecular weight is 392 g/mol.